The fourth-order valence-electron chi connectivity index (χ4n) is 8.78. The zero-order chi connectivity index (χ0) is 50.1. The fourth-order valence-corrected chi connectivity index (χ4v) is 8.78. The lowest BCUT2D eigenvalue weighted by Gasteiger charge is -2.26. The number of carbonyl (C=O) groups is 4. The summed E-state index contributed by atoms with van der Waals surface area (Å²) in [6, 6.07) is 0. The Bertz CT molecular complexity index is 1110. The van der Waals surface area contributed by atoms with E-state index in [1.165, 1.54) is 81.9 Å². The molecule has 0 fully saturated rings. The predicted molar refractivity (Wildman–Crippen MR) is 284 cm³/mol. The molecular weight excluding hydrogens is 853 g/mol. The molecule has 0 aliphatic carbocycles. The van der Waals surface area contributed by atoms with Gasteiger partial charge in [-0.2, -0.15) is 0 Å². The van der Waals surface area contributed by atoms with Gasteiger partial charge in [-0.3, -0.25) is 19.3 Å². The molecule has 0 aliphatic rings. The largest absolute Gasteiger partial charge is 0.462 e. The Morgan fingerprint density at radius 3 is 1.12 bits per heavy atom. The quantitative estimate of drug-likeness (QED) is 0.0255. The lowest BCUT2D eigenvalue weighted by Crippen LogP contribution is -2.40. The van der Waals surface area contributed by atoms with Crippen LogP contribution in [0.15, 0.2) is 12.2 Å². The second kappa shape index (κ2) is 49.4. The van der Waals surface area contributed by atoms with Crippen molar-refractivity contribution in [2.24, 2.45) is 0 Å². The van der Waals surface area contributed by atoms with Gasteiger partial charge < -0.3 is 23.8 Å². The summed E-state index contributed by atoms with van der Waals surface area (Å²) < 4.78 is 23.6. The van der Waals surface area contributed by atoms with Gasteiger partial charge in [-0.25, -0.2) is 4.79 Å². The molecule has 0 saturated heterocycles. The maximum absolute atomic E-state index is 13.7. The minimum absolute atomic E-state index is 0.0343. The number of nitrogens with zero attached hydrogens (tertiary/aromatic N) is 2. The minimum Gasteiger partial charge on any atom is -0.462 e. The van der Waals surface area contributed by atoms with E-state index in [2.05, 4.69) is 32.6 Å². The second-order valence-electron chi connectivity index (χ2n) is 20.1. The van der Waals surface area contributed by atoms with Crippen LogP contribution in [0.1, 0.15) is 279 Å². The van der Waals surface area contributed by atoms with Gasteiger partial charge in [0, 0.05) is 19.4 Å². The van der Waals surface area contributed by atoms with Crippen LogP contribution in [0.5, 0.6) is 0 Å². The number of carbonyl (C=O) groups excluding carboxylic acids is 4. The van der Waals surface area contributed by atoms with Crippen molar-refractivity contribution in [2.75, 3.05) is 40.3 Å². The maximum Gasteiger partial charge on any atom is 0.410 e. The van der Waals surface area contributed by atoms with Gasteiger partial charge in [-0.1, -0.05) is 175 Å². The van der Waals surface area contributed by atoms with Gasteiger partial charge in [0.05, 0.1) is 0 Å². The van der Waals surface area contributed by atoms with Crippen molar-refractivity contribution in [1.29, 1.82) is 0 Å². The molecule has 0 unspecified atom stereocenters. The van der Waals surface area contributed by atoms with Gasteiger partial charge in [0.2, 0.25) is 0 Å². The Morgan fingerprint density at radius 1 is 0.397 bits per heavy atom. The number of hydrogen-bond acceptors (Lipinski definition) is 9. The standard InChI is InChI=1S/C58H110N2O8/c1-8-13-18-30-40-52(41-31-19-14-9-2)66-55(61)46-36-28-24-22-26-34-44-54(68-58(64)60(49-39-48-59(6)7)51-57(63)65-50-38-17-12-5)45-35-27-23-25-29-37-47-56(62)67-53(42-32-20-15-10-3)43-33-21-16-11-4/h17,38,52-54H,8-16,18-37,39-51H2,1-7H3/b38-17-. The molecule has 10 nitrogen and oxygen atoms in total. The highest BCUT2D eigenvalue weighted by Gasteiger charge is 2.23. The first-order valence-electron chi connectivity index (χ1n) is 28.9. The monoisotopic (exact) mass is 963 g/mol. The topological polar surface area (TPSA) is 112 Å². The van der Waals surface area contributed by atoms with Gasteiger partial charge in [-0.15, -0.1) is 0 Å². The lowest BCUT2D eigenvalue weighted by atomic mass is 10.0. The van der Waals surface area contributed by atoms with Gasteiger partial charge in [-0.05, 0) is 123 Å². The van der Waals surface area contributed by atoms with E-state index in [1.807, 2.05) is 33.2 Å². The van der Waals surface area contributed by atoms with E-state index < -0.39 is 12.1 Å². The highest BCUT2D eigenvalue weighted by atomic mass is 16.6. The summed E-state index contributed by atoms with van der Waals surface area (Å²) in [6.07, 6.45) is 42.7. The first-order valence-corrected chi connectivity index (χ1v) is 28.9. The van der Waals surface area contributed by atoms with Crippen molar-refractivity contribution in [1.82, 2.24) is 9.80 Å². The molecule has 0 bridgehead atoms. The van der Waals surface area contributed by atoms with Crippen LogP contribution in [0.3, 0.4) is 0 Å². The summed E-state index contributed by atoms with van der Waals surface area (Å²) in [6.45, 7) is 12.2. The molecule has 0 aliphatic heterocycles. The molecule has 1 amide bonds. The van der Waals surface area contributed by atoms with E-state index in [-0.39, 0.29) is 43.4 Å². The van der Waals surface area contributed by atoms with Crippen LogP contribution >= 0.6 is 0 Å². The molecule has 0 aromatic rings. The van der Waals surface area contributed by atoms with Gasteiger partial charge in [0.15, 0.2) is 0 Å². The fraction of sp³-hybridized carbons (Fsp3) is 0.897. The first kappa shape index (κ1) is 65.4. The molecule has 0 aromatic carbocycles. The summed E-state index contributed by atoms with van der Waals surface area (Å²) in [5.41, 5.74) is 0. The molecule has 400 valence electrons. The number of ether oxygens (including phenoxy) is 4. The molecule has 0 heterocycles. The molecule has 0 spiro atoms. The molecule has 0 rings (SSSR count). The maximum atomic E-state index is 13.7. The molecule has 10 heteroatoms. The predicted octanol–water partition coefficient (Wildman–Crippen LogP) is 16.2. The average molecular weight is 964 g/mol. The van der Waals surface area contributed by atoms with Crippen molar-refractivity contribution in [3.05, 3.63) is 12.2 Å². The zero-order valence-electron chi connectivity index (χ0n) is 45.7. The Kier molecular flexibility index (Phi) is 47.5. The highest BCUT2D eigenvalue weighted by Crippen LogP contribution is 2.21. The van der Waals surface area contributed by atoms with E-state index in [4.69, 9.17) is 18.9 Å². The van der Waals surface area contributed by atoms with Gasteiger partial charge >= 0.3 is 24.0 Å². The third-order valence-electron chi connectivity index (χ3n) is 13.1. The molecule has 0 aromatic heterocycles. The summed E-state index contributed by atoms with van der Waals surface area (Å²) >= 11 is 0. The zero-order valence-corrected chi connectivity index (χ0v) is 45.7. The SMILES string of the molecule is CC/C=C\COC(=O)CN(CCCN(C)C)C(=O)OC(CCCCCCCCC(=O)OC(CCCCCC)CCCCCC)CCCCCCCCC(=O)OC(CCCCCC)CCCCCC. The molecule has 0 radical (unpaired) electrons. The molecule has 0 N–H and O–H groups in total. The van der Waals surface area contributed by atoms with E-state index in [1.54, 1.807) is 0 Å². The number of hydrogen-bond donors (Lipinski definition) is 0. The van der Waals surface area contributed by atoms with Crippen LogP contribution in [-0.2, 0) is 33.3 Å². The number of unbranched alkanes of at least 4 members (excludes halogenated alkanes) is 22. The Morgan fingerprint density at radius 2 is 0.750 bits per heavy atom. The number of rotatable bonds is 50. The lowest BCUT2D eigenvalue weighted by molar-refractivity contribution is -0.151. The average Bonchev–Trinajstić information content (AvgIpc) is 3.31. The molecule has 68 heavy (non-hydrogen) atoms. The van der Waals surface area contributed by atoms with Crippen LogP contribution in [0, 0.1) is 0 Å². The second-order valence-corrected chi connectivity index (χ2v) is 20.1. The molecule has 0 atom stereocenters. The van der Waals surface area contributed by atoms with Crippen molar-refractivity contribution in [2.45, 2.75) is 297 Å². The van der Waals surface area contributed by atoms with Crippen LogP contribution in [-0.4, -0.2) is 92.4 Å². The van der Waals surface area contributed by atoms with Crippen molar-refractivity contribution >= 4 is 24.0 Å². The van der Waals surface area contributed by atoms with Crippen molar-refractivity contribution in [3.8, 4) is 0 Å². The number of allylic oxidation sites excluding steroid dienone is 1. The van der Waals surface area contributed by atoms with Gasteiger partial charge in [0.25, 0.3) is 0 Å². The van der Waals surface area contributed by atoms with E-state index in [0.29, 0.717) is 19.4 Å². The van der Waals surface area contributed by atoms with Crippen LogP contribution in [0.4, 0.5) is 4.79 Å². The Hall–Kier alpha value is -2.62. The summed E-state index contributed by atoms with van der Waals surface area (Å²) in [7, 11) is 4.00. The van der Waals surface area contributed by atoms with Crippen molar-refractivity contribution < 1.29 is 38.1 Å². The van der Waals surface area contributed by atoms with E-state index in [0.717, 1.165) is 161 Å². The normalized spacial score (nSPS) is 11.7. The van der Waals surface area contributed by atoms with E-state index in [9.17, 15) is 19.2 Å². The minimum atomic E-state index is -0.443. The number of esters is 3. The Labute approximate surface area is 419 Å². The highest BCUT2D eigenvalue weighted by molar-refractivity contribution is 5.78. The third-order valence-corrected chi connectivity index (χ3v) is 13.1. The summed E-state index contributed by atoms with van der Waals surface area (Å²) in [4.78, 5) is 55.7. The number of amides is 1. The summed E-state index contributed by atoms with van der Waals surface area (Å²) in [5, 5.41) is 0. The molecule has 0 saturated carbocycles. The van der Waals surface area contributed by atoms with Crippen LogP contribution in [0.2, 0.25) is 0 Å². The van der Waals surface area contributed by atoms with E-state index >= 15 is 0 Å². The van der Waals surface area contributed by atoms with Gasteiger partial charge in [0.1, 0.15) is 31.5 Å². The smallest absolute Gasteiger partial charge is 0.410 e. The first-order chi connectivity index (χ1) is 33.1. The Balaban J connectivity index is 5.13. The molecular formula is C58H110N2O8. The van der Waals surface area contributed by atoms with Crippen molar-refractivity contribution in [3.63, 3.8) is 0 Å². The third kappa shape index (κ3) is 43.4. The van der Waals surface area contributed by atoms with Crippen LogP contribution < -0.4 is 0 Å². The summed E-state index contributed by atoms with van der Waals surface area (Å²) in [5.74, 6) is -0.499. The van der Waals surface area contributed by atoms with Crippen LogP contribution in [0.25, 0.3) is 0 Å².